The SMILES string of the molecule is CC(C)(CNC(=O)c1cccc(=O)n1[O-])CNC(=O)c1cccc([O-])[n+]1[O-].CC(C)(CNC(=O)c1cccc([O-])[n+]1[O-])CNC(=O)c1cccc([O-])[n+]1[O-].CCOCC.C[N+](C)(C)C.[Sm+3]. The predicted octanol–water partition coefficient (Wildman–Crippen LogP) is -1.26. The van der Waals surface area contributed by atoms with E-state index in [0.717, 1.165) is 42.0 Å². The average molecular weight is 1050 g/mol. The van der Waals surface area contributed by atoms with Crippen molar-refractivity contribution in [3.8, 4) is 17.6 Å². The van der Waals surface area contributed by atoms with Gasteiger partial charge in [-0.05, 0) is 48.9 Å². The minimum atomic E-state index is -0.847. The van der Waals surface area contributed by atoms with E-state index in [-0.39, 0.29) is 108 Å². The molecule has 0 aromatic carbocycles. The van der Waals surface area contributed by atoms with Crippen molar-refractivity contribution in [2.75, 3.05) is 67.6 Å². The predicted molar refractivity (Wildman–Crippen MR) is 227 cm³/mol. The molecule has 355 valence electrons. The number of hydrogen-bond acceptors (Lipinski definition) is 13. The van der Waals surface area contributed by atoms with Gasteiger partial charge in [-0.3, -0.25) is 24.0 Å². The number of carbonyl (C=O) groups excluding carboxylic acids is 4. The zero-order valence-electron chi connectivity index (χ0n) is 38.1. The second-order valence-corrected chi connectivity index (χ2v) is 16.7. The van der Waals surface area contributed by atoms with Crippen LogP contribution in [0.25, 0.3) is 0 Å². The van der Waals surface area contributed by atoms with Gasteiger partial charge in [0.25, 0.3) is 23.0 Å². The number of nitrogens with one attached hydrogen (secondary N) is 4. The Hall–Kier alpha value is -5.86. The summed E-state index contributed by atoms with van der Waals surface area (Å²) in [6.07, 6.45) is 0. The van der Waals surface area contributed by atoms with Gasteiger partial charge in [-0.2, -0.15) is 14.2 Å². The summed E-state index contributed by atoms with van der Waals surface area (Å²) >= 11 is 0. The Morgan fingerprint density at radius 3 is 1.12 bits per heavy atom. The first-order valence-electron chi connectivity index (χ1n) is 19.7. The molecule has 0 atom stereocenters. The van der Waals surface area contributed by atoms with Gasteiger partial charge < -0.3 is 71.4 Å². The maximum Gasteiger partial charge on any atom is 3.00 e. The van der Waals surface area contributed by atoms with Crippen LogP contribution in [-0.2, 0) is 4.74 Å². The van der Waals surface area contributed by atoms with E-state index in [1.807, 2.05) is 13.8 Å². The van der Waals surface area contributed by atoms with Gasteiger partial charge in [0.15, 0.2) is 17.6 Å². The normalized spacial score (nSPS) is 10.7. The van der Waals surface area contributed by atoms with Crippen LogP contribution < -0.4 is 56.3 Å². The van der Waals surface area contributed by atoms with Gasteiger partial charge >= 0.3 is 58.1 Å². The third kappa shape index (κ3) is 21.6. The van der Waals surface area contributed by atoms with Crippen LogP contribution in [-0.4, -0.2) is 100 Å². The van der Waals surface area contributed by atoms with Gasteiger partial charge in [0, 0.05) is 63.7 Å². The zero-order chi connectivity index (χ0) is 49.0. The molecule has 4 aromatic heterocycles. The molecule has 0 saturated heterocycles. The number of aromatic nitrogens is 4. The molecule has 23 heteroatoms. The van der Waals surface area contributed by atoms with Gasteiger partial charge in [0.1, 0.15) is 5.69 Å². The van der Waals surface area contributed by atoms with Crippen LogP contribution in [0, 0.1) is 72.0 Å². The fourth-order valence-corrected chi connectivity index (χ4v) is 4.54. The van der Waals surface area contributed by atoms with Gasteiger partial charge in [-0.15, -0.1) is 0 Å². The summed E-state index contributed by atoms with van der Waals surface area (Å²) in [5.41, 5.74) is -3.46. The number of carbonyl (C=O) groups is 4. The van der Waals surface area contributed by atoms with E-state index >= 15 is 0 Å². The summed E-state index contributed by atoms with van der Waals surface area (Å²) in [5, 5.41) is 90.3. The second kappa shape index (κ2) is 27.5. The Bertz CT molecular complexity index is 2170. The molecule has 0 aliphatic heterocycles. The first-order valence-corrected chi connectivity index (χ1v) is 19.7. The summed E-state index contributed by atoms with van der Waals surface area (Å²) in [4.78, 5) is 59.6. The monoisotopic (exact) mass is 1050 g/mol. The number of nitrogens with zero attached hydrogens (tertiary/aromatic N) is 5. The molecule has 1 radical (unpaired) electrons. The Balaban J connectivity index is 0.00000103. The number of ether oxygens (including phenoxy) is 1. The first kappa shape index (κ1) is 59.1. The Morgan fingerprint density at radius 1 is 0.569 bits per heavy atom. The molecule has 0 aliphatic rings. The van der Waals surface area contributed by atoms with Gasteiger partial charge in [-0.25, -0.2) is 0 Å². The number of quaternary nitrogens is 1. The molecular weight excluding hydrogens is 989 g/mol. The van der Waals surface area contributed by atoms with Gasteiger partial charge in [0.2, 0.25) is 5.56 Å². The molecule has 4 N–H and O–H groups in total. The topological polar surface area (TPSA) is 321 Å². The Morgan fingerprint density at radius 2 is 0.846 bits per heavy atom. The van der Waals surface area contributed by atoms with Gasteiger partial charge in [-0.1, -0.05) is 52.0 Å². The average Bonchev–Trinajstić information content (AvgIpc) is 3.21. The molecule has 4 aromatic rings. The van der Waals surface area contributed by atoms with Crippen molar-refractivity contribution in [2.45, 2.75) is 41.5 Å². The maximum absolute atomic E-state index is 12.1. The number of amides is 4. The Kier molecular flexibility index (Phi) is 25.0. The van der Waals surface area contributed by atoms with Crippen LogP contribution in [0.2, 0.25) is 0 Å². The molecule has 0 saturated carbocycles. The molecule has 0 fully saturated rings. The maximum atomic E-state index is 12.1. The molecule has 22 nitrogen and oxygen atoms in total. The van der Waals surface area contributed by atoms with Crippen molar-refractivity contribution in [1.29, 1.82) is 0 Å². The van der Waals surface area contributed by atoms with Crippen LogP contribution >= 0.6 is 0 Å². The van der Waals surface area contributed by atoms with E-state index in [1.165, 1.54) is 48.5 Å². The van der Waals surface area contributed by atoms with E-state index in [2.05, 4.69) is 49.5 Å². The smallest absolute Gasteiger partial charge is 0.822 e. The molecule has 4 rings (SSSR count). The third-order valence-electron chi connectivity index (χ3n) is 7.90. The van der Waals surface area contributed by atoms with Crippen LogP contribution in [0.4, 0.5) is 0 Å². The summed E-state index contributed by atoms with van der Waals surface area (Å²) < 4.78 is 5.81. The molecule has 4 heterocycles. The van der Waals surface area contributed by atoms with Crippen LogP contribution in [0.15, 0.2) is 77.6 Å². The van der Waals surface area contributed by atoms with Crippen LogP contribution in [0.3, 0.4) is 0 Å². The quantitative estimate of drug-likeness (QED) is 0.0652. The van der Waals surface area contributed by atoms with Gasteiger partial charge in [0.05, 0.1) is 28.2 Å². The molecule has 0 aliphatic carbocycles. The van der Waals surface area contributed by atoms with Crippen molar-refractivity contribution in [2.24, 2.45) is 10.8 Å². The van der Waals surface area contributed by atoms with Crippen molar-refractivity contribution in [3.05, 3.63) is 127 Å². The number of pyridine rings is 4. The zero-order valence-corrected chi connectivity index (χ0v) is 40.7. The van der Waals surface area contributed by atoms with Crippen molar-refractivity contribution in [3.63, 3.8) is 0 Å². The summed E-state index contributed by atoms with van der Waals surface area (Å²) in [5.74, 6) is -5.43. The molecule has 0 unspecified atom stereocenters. The molecule has 0 spiro atoms. The summed E-state index contributed by atoms with van der Waals surface area (Å²) in [7, 11) is 8.50. The minimum absolute atomic E-state index is 0. The summed E-state index contributed by atoms with van der Waals surface area (Å²) in [6, 6.07) is 14.3. The van der Waals surface area contributed by atoms with E-state index in [9.17, 15) is 60.1 Å². The van der Waals surface area contributed by atoms with E-state index in [0.29, 0.717) is 0 Å². The minimum Gasteiger partial charge on any atom is -0.822 e. The fraction of sp³-hybridized carbons (Fsp3) is 0.429. The third-order valence-corrected chi connectivity index (χ3v) is 7.90. The molecule has 0 bridgehead atoms. The number of rotatable bonds is 14. The fourth-order valence-electron chi connectivity index (χ4n) is 4.54. The molecule has 4 amide bonds. The van der Waals surface area contributed by atoms with Crippen molar-refractivity contribution < 1.29 is 98.3 Å². The first-order chi connectivity index (χ1) is 29.7. The van der Waals surface area contributed by atoms with E-state index in [1.54, 1.807) is 27.7 Å². The van der Waals surface area contributed by atoms with Crippen molar-refractivity contribution >= 4 is 23.6 Å². The van der Waals surface area contributed by atoms with E-state index < -0.39 is 57.7 Å². The van der Waals surface area contributed by atoms with E-state index in [4.69, 9.17) is 4.74 Å². The molecular formula is C42H58N9O13Sm. The number of hydrogen-bond donors (Lipinski definition) is 4. The Labute approximate surface area is 409 Å². The van der Waals surface area contributed by atoms with Crippen LogP contribution in [0.5, 0.6) is 17.6 Å². The standard InChI is InChI=1S/C17H20N4O6.C17H19N4O6.C4H12N.C4H10O.Sm/c2*1-17(2,9-18-15(24)11-5-3-7-13(22)20(11)26)10-19-16(25)12-6-4-8-14(23)21(12)27;1-5(2,3)4;1-3-5-4-2;/h3-8,22-23H,9-10H2,1-2H3,(H,18,24)(H,19,25);3-8,22H,9-10H2,1-2H3,(H,18,24)(H,19,25);1-4H3;3-4H2,1-2H3;/q;-1;+1;;+3/p-3. The second-order valence-electron chi connectivity index (χ2n) is 16.7. The summed E-state index contributed by atoms with van der Waals surface area (Å²) in [6.45, 7) is 12.9. The van der Waals surface area contributed by atoms with Crippen LogP contribution in [0.1, 0.15) is 83.5 Å². The molecule has 65 heavy (non-hydrogen) atoms. The van der Waals surface area contributed by atoms with Crippen molar-refractivity contribution in [1.82, 2.24) is 26.0 Å². The largest absolute Gasteiger partial charge is 3.00 e.